The van der Waals surface area contributed by atoms with Crippen LogP contribution in [0, 0.1) is 6.92 Å². The molecule has 1 amide bonds. The Labute approximate surface area is 132 Å². The molecule has 0 aliphatic carbocycles. The van der Waals surface area contributed by atoms with Gasteiger partial charge in [-0.3, -0.25) is 4.79 Å². The Bertz CT molecular complexity index is 623. The Morgan fingerprint density at radius 2 is 1.91 bits per heavy atom. The lowest BCUT2D eigenvalue weighted by atomic mass is 10.1. The van der Waals surface area contributed by atoms with E-state index in [1.54, 1.807) is 11.0 Å². The molecule has 0 aromatic heterocycles. The molecule has 0 saturated carbocycles. The third-order valence-corrected chi connectivity index (χ3v) is 5.28. The van der Waals surface area contributed by atoms with Gasteiger partial charge >= 0.3 is 0 Å². The van der Waals surface area contributed by atoms with Gasteiger partial charge in [0.25, 0.3) is 16.1 Å². The van der Waals surface area contributed by atoms with Crippen LogP contribution >= 0.6 is 0 Å². The average molecular weight is 325 g/mol. The minimum Gasteiger partial charge on any atom is -0.336 e. The highest BCUT2D eigenvalue weighted by Gasteiger charge is 2.28. The third kappa shape index (κ3) is 4.06. The predicted octanol–water partition coefficient (Wildman–Crippen LogP) is 0.997. The van der Waals surface area contributed by atoms with Crippen LogP contribution in [0.4, 0.5) is 0 Å². The van der Waals surface area contributed by atoms with Crippen molar-refractivity contribution in [1.29, 1.82) is 0 Å². The molecule has 1 fully saturated rings. The minimum atomic E-state index is -3.42. The zero-order chi connectivity index (χ0) is 16.2. The predicted molar refractivity (Wildman–Crippen MR) is 85.9 cm³/mol. The largest absolute Gasteiger partial charge is 0.336 e. The molecule has 0 atom stereocenters. The van der Waals surface area contributed by atoms with Crippen molar-refractivity contribution in [3.05, 3.63) is 35.4 Å². The van der Waals surface area contributed by atoms with E-state index in [0.717, 1.165) is 12.0 Å². The second-order valence-electron chi connectivity index (χ2n) is 5.46. The van der Waals surface area contributed by atoms with Gasteiger partial charge in [0.2, 0.25) is 0 Å². The first-order chi connectivity index (χ1) is 10.4. The third-order valence-electron chi connectivity index (χ3n) is 3.67. The molecule has 0 unspecified atom stereocenters. The Balaban J connectivity index is 1.96. The van der Waals surface area contributed by atoms with Crippen LogP contribution in [-0.4, -0.2) is 56.3 Å². The van der Waals surface area contributed by atoms with Gasteiger partial charge in [0.05, 0.1) is 0 Å². The summed E-state index contributed by atoms with van der Waals surface area (Å²) in [5.74, 6) is -0.0396. The highest BCUT2D eigenvalue weighted by Crippen LogP contribution is 2.12. The monoisotopic (exact) mass is 325 g/mol. The topological polar surface area (TPSA) is 69.7 Å². The zero-order valence-corrected chi connectivity index (χ0v) is 13.9. The molecule has 1 N–H and O–H groups in total. The summed E-state index contributed by atoms with van der Waals surface area (Å²) in [7, 11) is -3.42. The number of aryl methyl sites for hydroxylation is 1. The summed E-state index contributed by atoms with van der Waals surface area (Å²) in [6, 6.07) is 7.45. The maximum absolute atomic E-state index is 12.4. The number of benzene rings is 1. The maximum atomic E-state index is 12.4. The van der Waals surface area contributed by atoms with Gasteiger partial charge < -0.3 is 4.90 Å². The standard InChI is InChI=1S/C15H23N3O3S/c1-3-7-16-22(20,21)18-10-8-17(9-11-18)15(19)14-6-4-5-13(2)12-14/h4-6,12,16H,3,7-11H2,1-2H3. The molecule has 1 aliphatic heterocycles. The van der Waals surface area contributed by atoms with Crippen molar-refractivity contribution in [3.8, 4) is 0 Å². The summed E-state index contributed by atoms with van der Waals surface area (Å²) in [5.41, 5.74) is 1.69. The van der Waals surface area contributed by atoms with Crippen LogP contribution in [-0.2, 0) is 10.2 Å². The number of hydrogen-bond donors (Lipinski definition) is 1. The molecule has 0 spiro atoms. The molecule has 7 heteroatoms. The van der Waals surface area contributed by atoms with E-state index < -0.39 is 10.2 Å². The molecule has 1 aliphatic rings. The van der Waals surface area contributed by atoms with E-state index in [0.29, 0.717) is 38.3 Å². The SMILES string of the molecule is CCCNS(=O)(=O)N1CCN(C(=O)c2cccc(C)c2)CC1. The first-order valence-corrected chi connectivity index (χ1v) is 8.98. The van der Waals surface area contributed by atoms with Crippen LogP contribution in [0.1, 0.15) is 29.3 Å². The summed E-state index contributed by atoms with van der Waals surface area (Å²) < 4.78 is 28.1. The zero-order valence-electron chi connectivity index (χ0n) is 13.1. The summed E-state index contributed by atoms with van der Waals surface area (Å²) in [4.78, 5) is 14.1. The highest BCUT2D eigenvalue weighted by molar-refractivity contribution is 7.87. The van der Waals surface area contributed by atoms with Crippen molar-refractivity contribution >= 4 is 16.1 Å². The lowest BCUT2D eigenvalue weighted by Gasteiger charge is -2.34. The molecule has 6 nitrogen and oxygen atoms in total. The number of carbonyl (C=O) groups is 1. The quantitative estimate of drug-likeness (QED) is 0.878. The lowest BCUT2D eigenvalue weighted by molar-refractivity contribution is 0.0697. The molecule has 2 rings (SSSR count). The summed E-state index contributed by atoms with van der Waals surface area (Å²) in [6.07, 6.45) is 0.755. The van der Waals surface area contributed by atoms with Crippen molar-refractivity contribution in [2.24, 2.45) is 0 Å². The van der Waals surface area contributed by atoms with Crippen molar-refractivity contribution in [3.63, 3.8) is 0 Å². The van der Waals surface area contributed by atoms with E-state index in [1.165, 1.54) is 4.31 Å². The second kappa shape index (κ2) is 7.21. The van der Waals surface area contributed by atoms with Crippen LogP contribution in [0.15, 0.2) is 24.3 Å². The van der Waals surface area contributed by atoms with Crippen molar-refractivity contribution in [1.82, 2.24) is 13.9 Å². The molecule has 1 heterocycles. The van der Waals surface area contributed by atoms with Gasteiger partial charge in [-0.05, 0) is 25.5 Å². The van der Waals surface area contributed by atoms with Gasteiger partial charge in [-0.2, -0.15) is 12.7 Å². The van der Waals surface area contributed by atoms with Crippen LogP contribution in [0.3, 0.4) is 0 Å². The highest BCUT2D eigenvalue weighted by atomic mass is 32.2. The van der Waals surface area contributed by atoms with E-state index >= 15 is 0 Å². The summed E-state index contributed by atoms with van der Waals surface area (Å²) in [5, 5.41) is 0. The average Bonchev–Trinajstić information content (AvgIpc) is 2.52. The molecular formula is C15H23N3O3S. The van der Waals surface area contributed by atoms with Gasteiger partial charge in [0, 0.05) is 38.3 Å². The Morgan fingerprint density at radius 3 is 2.50 bits per heavy atom. The normalized spacial score (nSPS) is 16.7. The fraction of sp³-hybridized carbons (Fsp3) is 0.533. The van der Waals surface area contributed by atoms with E-state index in [2.05, 4.69) is 4.72 Å². The number of nitrogens with one attached hydrogen (secondary N) is 1. The maximum Gasteiger partial charge on any atom is 0.279 e. The van der Waals surface area contributed by atoms with Gasteiger partial charge in [0.15, 0.2) is 0 Å². The Morgan fingerprint density at radius 1 is 1.23 bits per heavy atom. The Kier molecular flexibility index (Phi) is 5.55. The van der Waals surface area contributed by atoms with Crippen LogP contribution in [0.5, 0.6) is 0 Å². The van der Waals surface area contributed by atoms with E-state index in [1.807, 2.05) is 32.0 Å². The van der Waals surface area contributed by atoms with Crippen LogP contribution in [0.2, 0.25) is 0 Å². The lowest BCUT2D eigenvalue weighted by Crippen LogP contribution is -2.53. The summed E-state index contributed by atoms with van der Waals surface area (Å²) >= 11 is 0. The van der Waals surface area contributed by atoms with Crippen molar-refractivity contribution in [2.75, 3.05) is 32.7 Å². The number of nitrogens with zero attached hydrogens (tertiary/aromatic N) is 2. The van der Waals surface area contributed by atoms with E-state index in [4.69, 9.17) is 0 Å². The summed E-state index contributed by atoms with van der Waals surface area (Å²) in [6.45, 7) is 5.79. The molecule has 1 saturated heterocycles. The fourth-order valence-electron chi connectivity index (χ4n) is 2.41. The fourth-order valence-corrected chi connectivity index (χ4v) is 3.70. The van der Waals surface area contributed by atoms with E-state index in [9.17, 15) is 13.2 Å². The van der Waals surface area contributed by atoms with Gasteiger partial charge in [-0.25, -0.2) is 4.72 Å². The first kappa shape index (κ1) is 16.9. The van der Waals surface area contributed by atoms with Gasteiger partial charge in [-0.1, -0.05) is 24.6 Å². The molecule has 22 heavy (non-hydrogen) atoms. The molecule has 0 bridgehead atoms. The van der Waals surface area contributed by atoms with Gasteiger partial charge in [-0.15, -0.1) is 0 Å². The van der Waals surface area contributed by atoms with Crippen LogP contribution < -0.4 is 4.72 Å². The Hall–Kier alpha value is -1.44. The molecule has 0 radical (unpaired) electrons. The van der Waals surface area contributed by atoms with E-state index in [-0.39, 0.29) is 5.91 Å². The first-order valence-electron chi connectivity index (χ1n) is 7.54. The molecule has 122 valence electrons. The molecule has 1 aromatic rings. The van der Waals surface area contributed by atoms with Crippen molar-refractivity contribution < 1.29 is 13.2 Å². The van der Waals surface area contributed by atoms with Gasteiger partial charge in [0.1, 0.15) is 0 Å². The number of carbonyl (C=O) groups excluding carboxylic acids is 1. The molecule has 1 aromatic carbocycles. The minimum absolute atomic E-state index is 0.0396. The number of rotatable bonds is 5. The molecular weight excluding hydrogens is 302 g/mol. The number of piperazine rings is 1. The number of hydrogen-bond acceptors (Lipinski definition) is 3. The second-order valence-corrected chi connectivity index (χ2v) is 7.22. The number of amides is 1. The van der Waals surface area contributed by atoms with Crippen molar-refractivity contribution in [2.45, 2.75) is 20.3 Å². The smallest absolute Gasteiger partial charge is 0.279 e. The van der Waals surface area contributed by atoms with Crippen LogP contribution in [0.25, 0.3) is 0 Å².